The molecule has 4 rings (SSSR count). The van der Waals surface area contributed by atoms with Crippen molar-refractivity contribution in [2.45, 2.75) is 13.5 Å². The van der Waals surface area contributed by atoms with Gasteiger partial charge in [0.15, 0.2) is 0 Å². The Morgan fingerprint density at radius 2 is 1.96 bits per heavy atom. The normalized spacial score (nSPS) is 11.3. The Kier molecular flexibility index (Phi) is 3.53. The van der Waals surface area contributed by atoms with Gasteiger partial charge in [-0.2, -0.15) is 0 Å². The Labute approximate surface area is 144 Å². The van der Waals surface area contributed by atoms with Crippen LogP contribution in [0.25, 0.3) is 21.8 Å². The van der Waals surface area contributed by atoms with Crippen molar-refractivity contribution in [2.24, 2.45) is 5.73 Å². The summed E-state index contributed by atoms with van der Waals surface area (Å²) < 4.78 is 16.2. The lowest BCUT2D eigenvalue weighted by Gasteiger charge is -2.09. The van der Waals surface area contributed by atoms with Crippen molar-refractivity contribution >= 4 is 27.7 Å². The lowest BCUT2D eigenvalue weighted by molar-refractivity contribution is 0.100. The summed E-state index contributed by atoms with van der Waals surface area (Å²) in [6.07, 6.45) is 0. The fourth-order valence-electron chi connectivity index (χ4n) is 3.33. The molecule has 1 aromatic heterocycles. The van der Waals surface area contributed by atoms with Gasteiger partial charge in [-0.1, -0.05) is 30.3 Å². The molecule has 0 atom stereocenters. The molecule has 1 radical (unpaired) electrons. The molecule has 4 aromatic rings. The molecule has 0 saturated carbocycles. The van der Waals surface area contributed by atoms with E-state index in [4.69, 9.17) is 5.73 Å². The highest BCUT2D eigenvalue weighted by molar-refractivity contribution is 6.17. The third-order valence-corrected chi connectivity index (χ3v) is 4.49. The van der Waals surface area contributed by atoms with Crippen LogP contribution >= 0.6 is 0 Å². The molecule has 25 heavy (non-hydrogen) atoms. The van der Waals surface area contributed by atoms with E-state index >= 15 is 0 Å². The third kappa shape index (κ3) is 2.47. The number of fused-ring (bicyclic) bond motifs is 3. The van der Waals surface area contributed by atoms with Crippen LogP contribution in [0.5, 0.6) is 0 Å². The first-order valence-electron chi connectivity index (χ1n) is 8.02. The number of nitrogens with two attached hydrogens (primary N) is 1. The van der Waals surface area contributed by atoms with Crippen molar-refractivity contribution in [3.8, 4) is 0 Å². The fraction of sp³-hybridized carbons (Fsp3) is 0.0952. The Morgan fingerprint density at radius 3 is 2.72 bits per heavy atom. The molecule has 2 N–H and O–H groups in total. The highest BCUT2D eigenvalue weighted by Gasteiger charge is 2.17. The van der Waals surface area contributed by atoms with Crippen LogP contribution in [0.2, 0.25) is 0 Å². The maximum atomic E-state index is 14.2. The second kappa shape index (κ2) is 5.74. The predicted octanol–water partition coefficient (Wildman–Crippen LogP) is 4.19. The highest BCUT2D eigenvalue weighted by atomic mass is 19.1. The lowest BCUT2D eigenvalue weighted by Crippen LogP contribution is -2.11. The standard InChI is InChI=1S/C21H16FN2O/c1-13-9-10-15-19(11-13)24(12-14-5-2-3-7-17(14)22)18-8-4-6-16(20(15)18)21(23)25/h2-9,11H,12H2,1H3,(H2,23,25). The fourth-order valence-corrected chi connectivity index (χ4v) is 3.33. The van der Waals surface area contributed by atoms with Gasteiger partial charge < -0.3 is 10.3 Å². The molecule has 1 amide bonds. The molecule has 0 spiro atoms. The number of hydrogen-bond donors (Lipinski definition) is 1. The van der Waals surface area contributed by atoms with Crippen LogP contribution in [-0.2, 0) is 6.54 Å². The first kappa shape index (κ1) is 15.4. The number of aryl methyl sites for hydroxylation is 1. The summed E-state index contributed by atoms with van der Waals surface area (Å²) in [6.45, 7) is 2.35. The summed E-state index contributed by atoms with van der Waals surface area (Å²) in [7, 11) is 0. The van der Waals surface area contributed by atoms with Gasteiger partial charge in [0.1, 0.15) is 5.82 Å². The molecule has 0 saturated heterocycles. The largest absolute Gasteiger partial charge is 0.366 e. The summed E-state index contributed by atoms with van der Waals surface area (Å²) in [5.41, 5.74) is 9.41. The van der Waals surface area contributed by atoms with Gasteiger partial charge in [-0.3, -0.25) is 4.79 Å². The Bertz CT molecular complexity index is 1130. The second-order valence-corrected chi connectivity index (χ2v) is 6.18. The molecule has 0 unspecified atom stereocenters. The first-order chi connectivity index (χ1) is 12.1. The molecule has 0 fully saturated rings. The molecule has 0 aliphatic carbocycles. The summed E-state index contributed by atoms with van der Waals surface area (Å²) >= 11 is 0. The molecule has 1 heterocycles. The van der Waals surface area contributed by atoms with Crippen LogP contribution < -0.4 is 5.73 Å². The van der Waals surface area contributed by atoms with Gasteiger partial charge in [-0.15, -0.1) is 0 Å². The average molecular weight is 331 g/mol. The Morgan fingerprint density at radius 1 is 1.16 bits per heavy atom. The molecule has 0 aliphatic heterocycles. The van der Waals surface area contributed by atoms with Crippen molar-refractivity contribution in [2.75, 3.05) is 0 Å². The number of amides is 1. The first-order valence-corrected chi connectivity index (χ1v) is 8.02. The highest BCUT2D eigenvalue weighted by Crippen LogP contribution is 2.32. The quantitative estimate of drug-likeness (QED) is 0.601. The summed E-state index contributed by atoms with van der Waals surface area (Å²) in [5, 5.41) is 1.59. The average Bonchev–Trinajstić information content (AvgIpc) is 2.90. The zero-order chi connectivity index (χ0) is 17.6. The smallest absolute Gasteiger partial charge is 0.249 e. The number of aromatic nitrogens is 1. The number of benzene rings is 3. The summed E-state index contributed by atoms with van der Waals surface area (Å²) in [5.74, 6) is -0.732. The maximum Gasteiger partial charge on any atom is 0.249 e. The molecular formula is C21H16FN2O. The van der Waals surface area contributed by atoms with E-state index < -0.39 is 5.91 Å². The van der Waals surface area contributed by atoms with Crippen LogP contribution in [0.1, 0.15) is 21.5 Å². The van der Waals surface area contributed by atoms with Gasteiger partial charge in [-0.25, -0.2) is 4.39 Å². The SMILES string of the molecule is Cc1c[c]c2c3c(C(N)=O)cccc3n(Cc3ccccc3F)c2c1. The van der Waals surface area contributed by atoms with Crippen molar-refractivity contribution in [1.82, 2.24) is 4.57 Å². The van der Waals surface area contributed by atoms with Gasteiger partial charge >= 0.3 is 0 Å². The number of nitrogens with zero attached hydrogens (tertiary/aromatic N) is 1. The van der Waals surface area contributed by atoms with Gasteiger partial charge in [0, 0.05) is 21.9 Å². The predicted molar refractivity (Wildman–Crippen MR) is 97.0 cm³/mol. The van der Waals surface area contributed by atoms with E-state index in [1.54, 1.807) is 24.3 Å². The van der Waals surface area contributed by atoms with Gasteiger partial charge in [0.05, 0.1) is 17.6 Å². The van der Waals surface area contributed by atoms with Crippen LogP contribution in [-0.4, -0.2) is 10.5 Å². The number of hydrogen-bond acceptors (Lipinski definition) is 1. The van der Waals surface area contributed by atoms with E-state index in [0.29, 0.717) is 17.7 Å². The van der Waals surface area contributed by atoms with E-state index in [0.717, 1.165) is 27.4 Å². The van der Waals surface area contributed by atoms with Crippen molar-refractivity contribution in [1.29, 1.82) is 0 Å². The molecular weight excluding hydrogens is 315 g/mol. The van der Waals surface area contributed by atoms with Crippen LogP contribution in [0.3, 0.4) is 0 Å². The molecule has 123 valence electrons. The number of carbonyl (C=O) groups is 1. The molecule has 3 nitrogen and oxygen atoms in total. The number of carbonyl (C=O) groups excluding carboxylic acids is 1. The topological polar surface area (TPSA) is 48.0 Å². The Hall–Kier alpha value is -3.14. The molecule has 4 heteroatoms. The minimum atomic E-state index is -0.482. The third-order valence-electron chi connectivity index (χ3n) is 4.49. The van der Waals surface area contributed by atoms with E-state index in [-0.39, 0.29) is 5.82 Å². The minimum absolute atomic E-state index is 0.250. The summed E-state index contributed by atoms with van der Waals surface area (Å²) in [6, 6.07) is 19.3. The van der Waals surface area contributed by atoms with Gasteiger partial charge in [0.25, 0.3) is 0 Å². The maximum absolute atomic E-state index is 14.2. The Balaban J connectivity index is 2.08. The second-order valence-electron chi connectivity index (χ2n) is 6.18. The van der Waals surface area contributed by atoms with E-state index in [1.807, 2.05) is 35.8 Å². The zero-order valence-corrected chi connectivity index (χ0v) is 13.7. The van der Waals surface area contributed by atoms with E-state index in [1.165, 1.54) is 6.07 Å². The number of halogens is 1. The number of rotatable bonds is 3. The van der Waals surface area contributed by atoms with Crippen LogP contribution in [0, 0.1) is 18.8 Å². The van der Waals surface area contributed by atoms with Gasteiger partial charge in [0.2, 0.25) is 5.91 Å². The van der Waals surface area contributed by atoms with Crippen molar-refractivity contribution < 1.29 is 9.18 Å². The molecule has 3 aromatic carbocycles. The van der Waals surface area contributed by atoms with Crippen LogP contribution in [0.4, 0.5) is 4.39 Å². The minimum Gasteiger partial charge on any atom is -0.366 e. The van der Waals surface area contributed by atoms with Crippen LogP contribution in [0.15, 0.2) is 54.6 Å². The lowest BCUT2D eigenvalue weighted by atomic mass is 10.1. The zero-order valence-electron chi connectivity index (χ0n) is 13.7. The molecule has 0 bridgehead atoms. The van der Waals surface area contributed by atoms with E-state index in [2.05, 4.69) is 6.07 Å². The van der Waals surface area contributed by atoms with Crippen molar-refractivity contribution in [3.63, 3.8) is 0 Å². The van der Waals surface area contributed by atoms with Crippen molar-refractivity contribution in [3.05, 3.63) is 83.2 Å². The van der Waals surface area contributed by atoms with Gasteiger partial charge in [-0.05, 0) is 42.8 Å². The monoisotopic (exact) mass is 331 g/mol. The molecule has 0 aliphatic rings. The summed E-state index contributed by atoms with van der Waals surface area (Å²) in [4.78, 5) is 11.9. The number of primary amides is 1. The van der Waals surface area contributed by atoms with E-state index in [9.17, 15) is 9.18 Å².